The summed E-state index contributed by atoms with van der Waals surface area (Å²) in [6.07, 6.45) is -0.913. The number of aromatic nitrogens is 1. The number of ether oxygens (including phenoxy) is 1. The van der Waals surface area contributed by atoms with Gasteiger partial charge in [-0.15, -0.1) is 0 Å². The van der Waals surface area contributed by atoms with Gasteiger partial charge in [0.25, 0.3) is 0 Å². The third-order valence-corrected chi connectivity index (χ3v) is 4.80. The molecule has 0 saturated carbocycles. The van der Waals surface area contributed by atoms with E-state index in [0.717, 1.165) is 22.0 Å². The van der Waals surface area contributed by atoms with Crippen LogP contribution in [0.5, 0.6) is 5.75 Å². The minimum Gasteiger partial charge on any atom is -0.487 e. The van der Waals surface area contributed by atoms with Crippen LogP contribution < -0.4 is 10.5 Å². The molecule has 3 rings (SSSR count). The van der Waals surface area contributed by atoms with Gasteiger partial charge in [0.15, 0.2) is 6.61 Å². The molecule has 0 fully saturated rings. The molecule has 2 aromatic carbocycles. The molecule has 0 aliphatic heterocycles. The van der Waals surface area contributed by atoms with Crippen molar-refractivity contribution >= 4 is 22.5 Å². The minimum absolute atomic E-state index is 0.140. The number of alkyl halides is 4. The molecule has 0 unspecified atom stereocenters. The van der Waals surface area contributed by atoms with Gasteiger partial charge in [0.2, 0.25) is 0 Å². The van der Waals surface area contributed by atoms with Crippen molar-refractivity contribution in [2.75, 3.05) is 6.61 Å². The normalized spacial score (nSPS) is 12.1. The van der Waals surface area contributed by atoms with Gasteiger partial charge >= 0.3 is 12.3 Å². The van der Waals surface area contributed by atoms with Crippen LogP contribution in [0.3, 0.4) is 0 Å². The summed E-state index contributed by atoms with van der Waals surface area (Å²) in [6.45, 7) is -1.22. The first-order chi connectivity index (χ1) is 13.3. The van der Waals surface area contributed by atoms with E-state index in [-0.39, 0.29) is 12.3 Å². The maximum atomic E-state index is 13.3. The van der Waals surface area contributed by atoms with Crippen LogP contribution in [-0.2, 0) is 19.4 Å². The molecule has 0 aliphatic carbocycles. The Bertz CT molecular complexity index is 959. The van der Waals surface area contributed by atoms with E-state index >= 15 is 0 Å². The maximum Gasteiger partial charge on any atom is 0.340 e. The van der Waals surface area contributed by atoms with Crippen molar-refractivity contribution in [3.05, 3.63) is 64.3 Å². The smallest absolute Gasteiger partial charge is 0.340 e. The molecule has 0 aliphatic rings. The van der Waals surface area contributed by atoms with Crippen molar-refractivity contribution in [3.63, 3.8) is 0 Å². The van der Waals surface area contributed by atoms with Crippen molar-refractivity contribution in [2.45, 2.75) is 31.7 Å². The molecule has 0 atom stereocenters. The predicted octanol–water partition coefficient (Wildman–Crippen LogP) is 5.34. The van der Waals surface area contributed by atoms with E-state index in [0.29, 0.717) is 23.4 Å². The molecule has 3 N–H and O–H groups in total. The highest BCUT2D eigenvalue weighted by atomic mass is 35.5. The van der Waals surface area contributed by atoms with E-state index in [1.807, 2.05) is 18.3 Å². The van der Waals surface area contributed by atoms with E-state index in [9.17, 15) is 17.6 Å². The molecule has 1 aromatic heterocycles. The summed E-state index contributed by atoms with van der Waals surface area (Å²) in [5.41, 5.74) is 9.03. The Morgan fingerprint density at radius 2 is 1.89 bits per heavy atom. The lowest BCUT2D eigenvalue weighted by molar-refractivity contribution is -0.148. The molecule has 0 bridgehead atoms. The second kappa shape index (κ2) is 8.41. The number of nitrogens with one attached hydrogen (secondary N) is 1. The SMILES string of the molecule is NCc1cccc(OCC(F)(F)C(F)F)c1CCc1c[nH]c2ccc(Cl)cc12. The molecule has 1 heterocycles. The zero-order valence-corrected chi connectivity index (χ0v) is 15.6. The van der Waals surface area contributed by atoms with Crippen LogP contribution in [0, 0.1) is 0 Å². The van der Waals surface area contributed by atoms with Crippen molar-refractivity contribution in [2.24, 2.45) is 5.73 Å². The lowest BCUT2D eigenvalue weighted by Gasteiger charge is -2.19. The Morgan fingerprint density at radius 3 is 2.61 bits per heavy atom. The van der Waals surface area contributed by atoms with Gasteiger partial charge in [-0.1, -0.05) is 23.7 Å². The molecular weight excluding hydrogens is 396 g/mol. The molecule has 8 heteroatoms. The minimum atomic E-state index is -4.22. The average Bonchev–Trinajstić information content (AvgIpc) is 3.06. The number of benzene rings is 2. The van der Waals surface area contributed by atoms with E-state index in [1.165, 1.54) is 6.07 Å². The molecular formula is C20H19ClF4N2O. The molecule has 0 saturated heterocycles. The van der Waals surface area contributed by atoms with Crippen LogP contribution in [0.25, 0.3) is 10.9 Å². The first-order valence-electron chi connectivity index (χ1n) is 8.67. The molecule has 0 amide bonds. The standard InChI is InChI=1S/C20H19ClF4N2O/c21-14-5-7-17-16(8-14)13(10-27-17)4-6-15-12(9-26)2-1-3-18(15)28-11-20(24,25)19(22)23/h1-3,5,7-8,10,19,27H,4,6,9,11,26H2. The van der Waals surface area contributed by atoms with Crippen LogP contribution in [0.4, 0.5) is 17.6 Å². The van der Waals surface area contributed by atoms with Gasteiger partial charge in [0.05, 0.1) is 0 Å². The summed E-state index contributed by atoms with van der Waals surface area (Å²) >= 11 is 6.06. The Kier molecular flexibility index (Phi) is 6.15. The second-order valence-electron chi connectivity index (χ2n) is 6.45. The number of hydrogen-bond donors (Lipinski definition) is 2. The van der Waals surface area contributed by atoms with Crippen LogP contribution in [0.15, 0.2) is 42.6 Å². The highest BCUT2D eigenvalue weighted by molar-refractivity contribution is 6.31. The quantitative estimate of drug-likeness (QED) is 0.488. The number of aromatic amines is 1. The Labute approximate surface area is 164 Å². The summed E-state index contributed by atoms with van der Waals surface area (Å²) in [5, 5.41) is 1.57. The van der Waals surface area contributed by atoms with Gasteiger partial charge in [-0.3, -0.25) is 0 Å². The average molecular weight is 415 g/mol. The number of hydrogen-bond acceptors (Lipinski definition) is 2. The fourth-order valence-electron chi connectivity index (χ4n) is 3.08. The molecule has 0 radical (unpaired) electrons. The fraction of sp³-hybridized carbons (Fsp3) is 0.300. The first kappa shape index (κ1) is 20.5. The Morgan fingerprint density at radius 1 is 1.11 bits per heavy atom. The van der Waals surface area contributed by atoms with Crippen LogP contribution in [0.2, 0.25) is 5.02 Å². The van der Waals surface area contributed by atoms with Crippen LogP contribution >= 0.6 is 11.6 Å². The van der Waals surface area contributed by atoms with Crippen molar-refractivity contribution < 1.29 is 22.3 Å². The van der Waals surface area contributed by atoms with Gasteiger partial charge in [0, 0.05) is 28.7 Å². The van der Waals surface area contributed by atoms with Crippen LogP contribution in [0.1, 0.15) is 16.7 Å². The number of rotatable bonds is 8. The fourth-order valence-corrected chi connectivity index (χ4v) is 3.25. The van der Waals surface area contributed by atoms with Crippen molar-refractivity contribution in [1.29, 1.82) is 0 Å². The Balaban J connectivity index is 1.83. The number of halogens is 5. The summed E-state index contributed by atoms with van der Waals surface area (Å²) in [6, 6.07) is 10.4. The van der Waals surface area contributed by atoms with E-state index < -0.39 is 19.0 Å². The highest BCUT2D eigenvalue weighted by Crippen LogP contribution is 2.30. The van der Waals surface area contributed by atoms with Crippen LogP contribution in [-0.4, -0.2) is 23.9 Å². The van der Waals surface area contributed by atoms with Gasteiger partial charge in [-0.2, -0.15) is 8.78 Å². The number of aryl methyl sites for hydroxylation is 1. The van der Waals surface area contributed by atoms with E-state index in [2.05, 4.69) is 4.98 Å². The summed E-state index contributed by atoms with van der Waals surface area (Å²) in [5.74, 6) is -4.08. The lowest BCUT2D eigenvalue weighted by atomic mass is 9.98. The zero-order chi connectivity index (χ0) is 20.3. The van der Waals surface area contributed by atoms with Gasteiger partial charge in [-0.05, 0) is 53.8 Å². The summed E-state index contributed by atoms with van der Waals surface area (Å²) in [4.78, 5) is 3.16. The monoisotopic (exact) mass is 414 g/mol. The number of H-pyrrole nitrogens is 1. The number of nitrogens with two attached hydrogens (primary N) is 1. The van der Waals surface area contributed by atoms with E-state index in [1.54, 1.807) is 18.2 Å². The molecule has 28 heavy (non-hydrogen) atoms. The van der Waals surface area contributed by atoms with Crippen molar-refractivity contribution in [3.8, 4) is 5.75 Å². The topological polar surface area (TPSA) is 51.0 Å². The molecule has 3 nitrogen and oxygen atoms in total. The number of fused-ring (bicyclic) bond motifs is 1. The van der Waals surface area contributed by atoms with Gasteiger partial charge in [0.1, 0.15) is 5.75 Å². The third-order valence-electron chi connectivity index (χ3n) is 4.56. The predicted molar refractivity (Wildman–Crippen MR) is 101 cm³/mol. The maximum absolute atomic E-state index is 13.3. The zero-order valence-electron chi connectivity index (χ0n) is 14.8. The second-order valence-corrected chi connectivity index (χ2v) is 6.89. The largest absolute Gasteiger partial charge is 0.487 e. The van der Waals surface area contributed by atoms with E-state index in [4.69, 9.17) is 22.1 Å². The highest BCUT2D eigenvalue weighted by Gasteiger charge is 2.41. The molecule has 0 spiro atoms. The first-order valence-corrected chi connectivity index (χ1v) is 9.04. The third kappa shape index (κ3) is 4.42. The Hall–Kier alpha value is -2.25. The van der Waals surface area contributed by atoms with Gasteiger partial charge in [-0.25, -0.2) is 8.78 Å². The summed E-state index contributed by atoms with van der Waals surface area (Å²) in [7, 11) is 0. The van der Waals surface area contributed by atoms with Gasteiger partial charge < -0.3 is 15.5 Å². The molecule has 150 valence electrons. The lowest BCUT2D eigenvalue weighted by Crippen LogP contribution is -2.34. The molecule has 3 aromatic rings. The summed E-state index contributed by atoms with van der Waals surface area (Å²) < 4.78 is 56.4. The van der Waals surface area contributed by atoms with Crippen molar-refractivity contribution in [1.82, 2.24) is 4.98 Å².